The van der Waals surface area contributed by atoms with E-state index in [0.29, 0.717) is 33.9 Å². The molecule has 0 aliphatic heterocycles. The number of rotatable bonds is 3. The molecule has 0 fully saturated rings. The molecule has 0 spiro atoms. The molecular weight excluding hydrogens is 256 g/mol. The number of hydrogen-bond donors (Lipinski definition) is 3. The fraction of sp³-hybridized carbons (Fsp3) is 0.143. The van der Waals surface area contributed by atoms with E-state index in [0.717, 1.165) is 0 Å². The molecular formula is C14H14N4O2. The van der Waals surface area contributed by atoms with Gasteiger partial charge in [-0.15, -0.1) is 0 Å². The van der Waals surface area contributed by atoms with Gasteiger partial charge in [0.25, 0.3) is 0 Å². The van der Waals surface area contributed by atoms with Crippen LogP contribution in [0.15, 0.2) is 24.4 Å². The van der Waals surface area contributed by atoms with E-state index in [1.165, 1.54) is 6.92 Å². The van der Waals surface area contributed by atoms with E-state index >= 15 is 0 Å². The van der Waals surface area contributed by atoms with Crippen molar-refractivity contribution in [3.05, 3.63) is 30.0 Å². The van der Waals surface area contributed by atoms with Gasteiger partial charge in [0, 0.05) is 29.9 Å². The van der Waals surface area contributed by atoms with Gasteiger partial charge in [-0.2, -0.15) is 5.26 Å². The van der Waals surface area contributed by atoms with E-state index in [-0.39, 0.29) is 5.91 Å². The highest BCUT2D eigenvalue weighted by atomic mass is 16.5. The summed E-state index contributed by atoms with van der Waals surface area (Å²) in [7, 11) is 1.54. The van der Waals surface area contributed by atoms with E-state index in [4.69, 9.17) is 15.7 Å². The van der Waals surface area contributed by atoms with Crippen molar-refractivity contribution in [2.45, 2.75) is 6.92 Å². The third-order valence-corrected chi connectivity index (χ3v) is 2.83. The lowest BCUT2D eigenvalue weighted by atomic mass is 10.0. The van der Waals surface area contributed by atoms with Crippen LogP contribution in [0.1, 0.15) is 12.5 Å². The molecule has 2 rings (SSSR count). The van der Waals surface area contributed by atoms with E-state index in [9.17, 15) is 4.79 Å². The third kappa shape index (κ3) is 2.42. The van der Waals surface area contributed by atoms with E-state index < -0.39 is 0 Å². The predicted octanol–water partition coefficient (Wildman–Crippen LogP) is 2.10. The highest BCUT2D eigenvalue weighted by molar-refractivity contribution is 5.91. The molecule has 0 saturated carbocycles. The number of nitriles is 1. The number of ether oxygens (including phenoxy) is 1. The van der Waals surface area contributed by atoms with Crippen LogP contribution in [-0.4, -0.2) is 18.0 Å². The molecule has 0 bridgehead atoms. The fourth-order valence-electron chi connectivity index (χ4n) is 1.97. The zero-order valence-electron chi connectivity index (χ0n) is 11.2. The number of anilines is 2. The quantitative estimate of drug-likeness (QED) is 0.794. The average Bonchev–Trinajstić information content (AvgIpc) is 2.78. The molecule has 1 aromatic carbocycles. The Balaban J connectivity index is 2.58. The van der Waals surface area contributed by atoms with E-state index in [1.54, 1.807) is 31.5 Å². The predicted molar refractivity (Wildman–Crippen MR) is 76.2 cm³/mol. The number of nitrogen functional groups attached to an aromatic ring is 1. The molecule has 20 heavy (non-hydrogen) atoms. The molecule has 0 aliphatic carbocycles. The topological polar surface area (TPSA) is 104 Å². The number of H-pyrrole nitrogens is 1. The first-order chi connectivity index (χ1) is 9.56. The Kier molecular flexibility index (Phi) is 3.62. The van der Waals surface area contributed by atoms with Gasteiger partial charge in [-0.3, -0.25) is 4.79 Å². The minimum atomic E-state index is -0.171. The molecule has 102 valence electrons. The van der Waals surface area contributed by atoms with Gasteiger partial charge in [0.2, 0.25) is 5.91 Å². The highest BCUT2D eigenvalue weighted by Gasteiger charge is 2.15. The van der Waals surface area contributed by atoms with Crippen molar-refractivity contribution in [1.82, 2.24) is 4.98 Å². The fourth-order valence-corrected chi connectivity index (χ4v) is 1.97. The maximum Gasteiger partial charge on any atom is 0.221 e. The van der Waals surface area contributed by atoms with Gasteiger partial charge in [0.1, 0.15) is 23.2 Å². The molecule has 1 aromatic heterocycles. The second kappa shape index (κ2) is 5.36. The Morgan fingerprint density at radius 3 is 2.80 bits per heavy atom. The first kappa shape index (κ1) is 13.5. The zero-order chi connectivity index (χ0) is 14.7. The standard InChI is InChI=1S/C14H14N4O2/c1-8(19)18-9-3-4-13(20-2)10(5-9)12-7-17-14(16)11(12)6-15/h3-5,7,17H,16H2,1-2H3,(H,18,19). The lowest BCUT2D eigenvalue weighted by molar-refractivity contribution is -0.114. The Bertz CT molecular complexity index is 698. The van der Waals surface area contributed by atoms with Crippen molar-refractivity contribution in [2.24, 2.45) is 0 Å². The largest absolute Gasteiger partial charge is 0.496 e. The van der Waals surface area contributed by atoms with Gasteiger partial charge in [-0.05, 0) is 18.2 Å². The second-order valence-electron chi connectivity index (χ2n) is 4.20. The van der Waals surface area contributed by atoms with E-state index in [1.807, 2.05) is 0 Å². The van der Waals surface area contributed by atoms with Crippen LogP contribution in [0.25, 0.3) is 11.1 Å². The number of hydrogen-bond acceptors (Lipinski definition) is 4. The molecule has 2 aromatic rings. The smallest absolute Gasteiger partial charge is 0.221 e. The summed E-state index contributed by atoms with van der Waals surface area (Å²) in [6.07, 6.45) is 1.64. The minimum Gasteiger partial charge on any atom is -0.496 e. The van der Waals surface area contributed by atoms with Crippen molar-refractivity contribution in [3.8, 4) is 22.9 Å². The van der Waals surface area contributed by atoms with Gasteiger partial charge < -0.3 is 20.8 Å². The molecule has 0 unspecified atom stereocenters. The first-order valence-corrected chi connectivity index (χ1v) is 5.89. The molecule has 1 amide bonds. The maximum absolute atomic E-state index is 11.1. The second-order valence-corrected chi connectivity index (χ2v) is 4.20. The van der Waals surface area contributed by atoms with Gasteiger partial charge in [-0.25, -0.2) is 0 Å². The van der Waals surface area contributed by atoms with Crippen LogP contribution in [0.5, 0.6) is 5.75 Å². The number of nitrogens with one attached hydrogen (secondary N) is 2. The van der Waals surface area contributed by atoms with Crippen LogP contribution < -0.4 is 15.8 Å². The summed E-state index contributed by atoms with van der Waals surface area (Å²) in [6, 6.07) is 7.25. The SMILES string of the molecule is COc1ccc(NC(C)=O)cc1-c1c[nH]c(N)c1C#N. The zero-order valence-corrected chi connectivity index (χ0v) is 11.2. The van der Waals surface area contributed by atoms with Crippen molar-refractivity contribution < 1.29 is 9.53 Å². The third-order valence-electron chi connectivity index (χ3n) is 2.83. The first-order valence-electron chi connectivity index (χ1n) is 5.89. The van der Waals surface area contributed by atoms with Crippen molar-refractivity contribution in [3.63, 3.8) is 0 Å². The molecule has 4 N–H and O–H groups in total. The number of nitrogens with two attached hydrogens (primary N) is 1. The van der Waals surface area contributed by atoms with E-state index in [2.05, 4.69) is 16.4 Å². The summed E-state index contributed by atoms with van der Waals surface area (Å²) in [5.41, 5.74) is 8.00. The molecule has 0 saturated heterocycles. The van der Waals surface area contributed by atoms with Crippen LogP contribution >= 0.6 is 0 Å². The lowest BCUT2D eigenvalue weighted by Gasteiger charge is -2.10. The summed E-state index contributed by atoms with van der Waals surface area (Å²) in [4.78, 5) is 13.9. The number of benzene rings is 1. The molecule has 1 heterocycles. The number of methoxy groups -OCH3 is 1. The normalized spacial score (nSPS) is 9.85. The molecule has 0 radical (unpaired) electrons. The number of aromatic amines is 1. The number of aromatic nitrogens is 1. The Hall–Kier alpha value is -2.94. The lowest BCUT2D eigenvalue weighted by Crippen LogP contribution is -2.05. The maximum atomic E-state index is 11.1. The average molecular weight is 270 g/mol. The number of amides is 1. The van der Waals surface area contributed by atoms with Gasteiger partial charge in [0.05, 0.1) is 7.11 Å². The Labute approximate surface area is 116 Å². The van der Waals surface area contributed by atoms with Crippen molar-refractivity contribution >= 4 is 17.4 Å². The summed E-state index contributed by atoms with van der Waals surface area (Å²) in [6.45, 7) is 1.43. The van der Waals surface area contributed by atoms with Gasteiger partial charge in [0.15, 0.2) is 0 Å². The molecule has 6 heteroatoms. The van der Waals surface area contributed by atoms with Crippen LogP contribution in [-0.2, 0) is 4.79 Å². The van der Waals surface area contributed by atoms with Crippen LogP contribution in [0, 0.1) is 11.3 Å². The summed E-state index contributed by atoms with van der Waals surface area (Å²) >= 11 is 0. The number of carbonyl (C=O) groups is 1. The summed E-state index contributed by atoms with van der Waals surface area (Å²) < 4.78 is 5.29. The minimum absolute atomic E-state index is 0.171. The van der Waals surface area contributed by atoms with Crippen LogP contribution in [0.4, 0.5) is 11.5 Å². The highest BCUT2D eigenvalue weighted by Crippen LogP contribution is 2.36. The molecule has 0 atom stereocenters. The van der Waals surface area contributed by atoms with Crippen molar-refractivity contribution in [1.29, 1.82) is 5.26 Å². The van der Waals surface area contributed by atoms with Gasteiger partial charge >= 0.3 is 0 Å². The van der Waals surface area contributed by atoms with Crippen LogP contribution in [0.2, 0.25) is 0 Å². The number of carbonyl (C=O) groups excluding carboxylic acids is 1. The summed E-state index contributed by atoms with van der Waals surface area (Å²) in [5, 5.41) is 11.9. The molecule has 6 nitrogen and oxygen atoms in total. The Morgan fingerprint density at radius 2 is 2.20 bits per heavy atom. The van der Waals surface area contributed by atoms with Crippen LogP contribution in [0.3, 0.4) is 0 Å². The van der Waals surface area contributed by atoms with Crippen molar-refractivity contribution in [2.75, 3.05) is 18.2 Å². The van der Waals surface area contributed by atoms with Gasteiger partial charge in [-0.1, -0.05) is 0 Å². The monoisotopic (exact) mass is 270 g/mol. The molecule has 0 aliphatic rings. The Morgan fingerprint density at radius 1 is 1.45 bits per heavy atom. The summed E-state index contributed by atoms with van der Waals surface area (Å²) in [5.74, 6) is 0.722. The number of nitrogens with zero attached hydrogens (tertiary/aromatic N) is 1.